The molecule has 0 saturated carbocycles. The van der Waals surface area contributed by atoms with Gasteiger partial charge in [0.15, 0.2) is 0 Å². The van der Waals surface area contributed by atoms with E-state index in [0.29, 0.717) is 0 Å². The van der Waals surface area contributed by atoms with Crippen LogP contribution in [0.4, 0.5) is 0 Å². The third-order valence-electron chi connectivity index (χ3n) is 10.3. The molecule has 0 fully saturated rings. The van der Waals surface area contributed by atoms with Gasteiger partial charge in [0.25, 0.3) is 0 Å². The Hall–Kier alpha value is 0.350. The zero-order chi connectivity index (χ0) is 31.7. The Morgan fingerprint density at radius 1 is 0.182 bits per heavy atom. The summed E-state index contributed by atoms with van der Waals surface area (Å²) in [5, 5.41) is 0. The van der Waals surface area contributed by atoms with Crippen LogP contribution in [-0.2, 0) is 0 Å². The molecule has 0 aliphatic rings. The predicted octanol–water partition coefficient (Wildman–Crippen LogP) is 16.9. The lowest BCUT2D eigenvalue weighted by Crippen LogP contribution is -1.85. The van der Waals surface area contributed by atoms with Crippen LogP contribution in [0.3, 0.4) is 0 Å². The van der Waals surface area contributed by atoms with Crippen molar-refractivity contribution in [2.75, 3.05) is 5.75 Å². The minimum Gasteiger partial charge on any atom is -0.179 e. The van der Waals surface area contributed by atoms with Crippen molar-refractivity contribution < 1.29 is 0 Å². The molecule has 266 valence electrons. The maximum Gasteiger partial charge on any atom is -0.00979 e. The molecule has 0 rings (SSSR count). The topological polar surface area (TPSA) is 0 Å². The molecule has 0 aromatic heterocycles. The summed E-state index contributed by atoms with van der Waals surface area (Å²) < 4.78 is 0. The molecule has 0 atom stereocenters. The number of unbranched alkanes of at least 4 members (excludes halogenated alkanes) is 40. The fourth-order valence-corrected chi connectivity index (χ4v) is 7.30. The van der Waals surface area contributed by atoms with Gasteiger partial charge in [-0.3, -0.25) is 0 Å². The number of hydrogen-bond acceptors (Lipinski definition) is 1. The lowest BCUT2D eigenvalue weighted by atomic mass is 10.0. The van der Waals surface area contributed by atoms with Crippen molar-refractivity contribution in [3.8, 4) is 0 Å². The van der Waals surface area contributed by atoms with E-state index < -0.39 is 0 Å². The predicted molar refractivity (Wildman–Crippen MR) is 209 cm³/mol. The highest BCUT2D eigenvalue weighted by atomic mass is 32.1. The van der Waals surface area contributed by atoms with Crippen molar-refractivity contribution in [3.05, 3.63) is 0 Å². The molecule has 0 nitrogen and oxygen atoms in total. The molecule has 0 bridgehead atoms. The van der Waals surface area contributed by atoms with Gasteiger partial charge in [-0.1, -0.05) is 264 Å². The zero-order valence-corrected chi connectivity index (χ0v) is 32.0. The lowest BCUT2D eigenvalue weighted by molar-refractivity contribution is 0.509. The van der Waals surface area contributed by atoms with Gasteiger partial charge in [0, 0.05) is 0 Å². The van der Waals surface area contributed by atoms with E-state index in [9.17, 15) is 0 Å². The van der Waals surface area contributed by atoms with Crippen LogP contribution in [0.5, 0.6) is 0 Å². The minimum absolute atomic E-state index is 1.07. The molecule has 0 aromatic rings. The highest BCUT2D eigenvalue weighted by Crippen LogP contribution is 2.17. The van der Waals surface area contributed by atoms with Crippen LogP contribution in [0.1, 0.15) is 270 Å². The Morgan fingerprint density at radius 2 is 0.295 bits per heavy atom. The summed E-state index contributed by atoms with van der Waals surface area (Å²) in [7, 11) is 0. The van der Waals surface area contributed by atoms with Crippen LogP contribution in [0.25, 0.3) is 0 Å². The molecule has 0 amide bonds. The van der Waals surface area contributed by atoms with E-state index in [1.807, 2.05) is 0 Å². The van der Waals surface area contributed by atoms with Gasteiger partial charge in [0.2, 0.25) is 0 Å². The Labute approximate surface area is 287 Å². The standard InChI is InChI=1S/C43H88S/c1-2-3-4-5-6-7-8-9-10-11-12-13-14-15-16-17-18-19-20-21-22-23-24-25-26-27-28-29-30-31-32-33-34-35-36-37-38-39-40-41-42-43-44/h44H,2-43H2,1H3. The van der Waals surface area contributed by atoms with Crippen molar-refractivity contribution in [2.24, 2.45) is 0 Å². The third-order valence-corrected chi connectivity index (χ3v) is 10.6. The first-order valence-corrected chi connectivity index (χ1v) is 22.2. The molecule has 0 aromatic carbocycles. The summed E-state index contributed by atoms with van der Waals surface area (Å²) in [6, 6.07) is 0. The van der Waals surface area contributed by atoms with Crippen LogP contribution >= 0.6 is 12.6 Å². The number of hydrogen-bond donors (Lipinski definition) is 1. The Bertz CT molecular complexity index is 418. The third kappa shape index (κ3) is 42.3. The molecule has 0 saturated heterocycles. The van der Waals surface area contributed by atoms with E-state index in [1.54, 1.807) is 0 Å². The Kier molecular flexibility index (Phi) is 43.7. The first kappa shape index (κ1) is 44.4. The fourth-order valence-electron chi connectivity index (χ4n) is 7.08. The molecule has 0 aliphatic heterocycles. The fraction of sp³-hybridized carbons (Fsp3) is 1.00. The van der Waals surface area contributed by atoms with Crippen molar-refractivity contribution in [3.63, 3.8) is 0 Å². The molecule has 0 N–H and O–H groups in total. The highest BCUT2D eigenvalue weighted by molar-refractivity contribution is 7.80. The zero-order valence-electron chi connectivity index (χ0n) is 31.1. The van der Waals surface area contributed by atoms with Crippen LogP contribution in [0.15, 0.2) is 0 Å². The quantitative estimate of drug-likeness (QED) is 0.0501. The average molecular weight is 637 g/mol. The summed E-state index contributed by atoms with van der Waals surface area (Å²) in [5.74, 6) is 1.07. The number of thiol groups is 1. The van der Waals surface area contributed by atoms with Gasteiger partial charge in [-0.25, -0.2) is 0 Å². The van der Waals surface area contributed by atoms with Crippen molar-refractivity contribution >= 4 is 12.6 Å². The monoisotopic (exact) mass is 637 g/mol. The van der Waals surface area contributed by atoms with Crippen LogP contribution in [0, 0.1) is 0 Å². The van der Waals surface area contributed by atoms with Gasteiger partial charge in [-0.15, -0.1) is 0 Å². The first-order chi connectivity index (χ1) is 21.9. The summed E-state index contributed by atoms with van der Waals surface area (Å²) in [4.78, 5) is 0. The van der Waals surface area contributed by atoms with Gasteiger partial charge in [-0.05, 0) is 12.2 Å². The van der Waals surface area contributed by atoms with Crippen molar-refractivity contribution in [1.82, 2.24) is 0 Å². The molecular formula is C43H88S. The average Bonchev–Trinajstić information content (AvgIpc) is 3.04. The van der Waals surface area contributed by atoms with Crippen molar-refractivity contribution in [1.29, 1.82) is 0 Å². The molecule has 1 heteroatoms. The Morgan fingerprint density at radius 3 is 0.409 bits per heavy atom. The van der Waals surface area contributed by atoms with Gasteiger partial charge >= 0.3 is 0 Å². The van der Waals surface area contributed by atoms with Gasteiger partial charge in [0.05, 0.1) is 0 Å². The maximum atomic E-state index is 4.29. The minimum atomic E-state index is 1.07. The van der Waals surface area contributed by atoms with E-state index >= 15 is 0 Å². The summed E-state index contributed by atoms with van der Waals surface area (Å²) in [6.45, 7) is 2.31. The summed E-state index contributed by atoms with van der Waals surface area (Å²) >= 11 is 4.29. The lowest BCUT2D eigenvalue weighted by Gasteiger charge is -2.05. The second-order valence-corrected chi connectivity index (χ2v) is 15.3. The van der Waals surface area contributed by atoms with Crippen molar-refractivity contribution in [2.45, 2.75) is 270 Å². The smallest absolute Gasteiger partial charge is 0.00979 e. The van der Waals surface area contributed by atoms with Crippen LogP contribution in [-0.4, -0.2) is 5.75 Å². The number of rotatable bonds is 41. The molecule has 0 unspecified atom stereocenters. The van der Waals surface area contributed by atoms with Crippen LogP contribution < -0.4 is 0 Å². The molecule has 0 spiro atoms. The summed E-state index contributed by atoms with van der Waals surface area (Å²) in [6.07, 6.45) is 60.5. The highest BCUT2D eigenvalue weighted by Gasteiger charge is 1.98. The summed E-state index contributed by atoms with van der Waals surface area (Å²) in [5.41, 5.74) is 0. The van der Waals surface area contributed by atoms with Gasteiger partial charge in [-0.2, -0.15) is 12.6 Å². The van der Waals surface area contributed by atoms with E-state index in [0.717, 1.165) is 5.75 Å². The van der Waals surface area contributed by atoms with Gasteiger partial charge < -0.3 is 0 Å². The van der Waals surface area contributed by atoms with Crippen LogP contribution in [0.2, 0.25) is 0 Å². The second kappa shape index (κ2) is 43.4. The molecule has 0 aliphatic carbocycles. The van der Waals surface area contributed by atoms with E-state index in [-0.39, 0.29) is 0 Å². The molecule has 44 heavy (non-hydrogen) atoms. The molecule has 0 heterocycles. The molecule has 0 radical (unpaired) electrons. The van der Waals surface area contributed by atoms with E-state index in [2.05, 4.69) is 19.6 Å². The Balaban J connectivity index is 3.03. The SMILES string of the molecule is CCCCCCCCCCCCCCCCCCCCCCCCCCCCCCCCCCCCCCCCCCCS. The largest absolute Gasteiger partial charge is 0.179 e. The maximum absolute atomic E-state index is 4.29. The first-order valence-electron chi connectivity index (χ1n) is 21.5. The van der Waals surface area contributed by atoms with E-state index in [4.69, 9.17) is 0 Å². The normalized spacial score (nSPS) is 11.6. The second-order valence-electron chi connectivity index (χ2n) is 14.9. The van der Waals surface area contributed by atoms with E-state index in [1.165, 1.54) is 263 Å². The molecular weight excluding hydrogens is 549 g/mol. The van der Waals surface area contributed by atoms with Gasteiger partial charge in [0.1, 0.15) is 0 Å².